The van der Waals surface area contributed by atoms with Gasteiger partial charge in [-0.25, -0.2) is 0 Å². The van der Waals surface area contributed by atoms with Crippen molar-refractivity contribution in [2.24, 2.45) is 5.92 Å². The molecular weight excluding hydrogens is 342 g/mol. The van der Waals surface area contributed by atoms with Gasteiger partial charge in [0, 0.05) is 43.3 Å². The number of benzene rings is 1. The number of anilines is 1. The van der Waals surface area contributed by atoms with Crippen LogP contribution in [-0.2, 0) is 9.59 Å². The highest BCUT2D eigenvalue weighted by Crippen LogP contribution is 2.32. The van der Waals surface area contributed by atoms with E-state index in [4.69, 9.17) is 4.74 Å². The van der Waals surface area contributed by atoms with Gasteiger partial charge in [-0.05, 0) is 57.6 Å². The van der Waals surface area contributed by atoms with Crippen LogP contribution < -0.4 is 15.4 Å². The lowest BCUT2D eigenvalue weighted by Crippen LogP contribution is -2.39. The van der Waals surface area contributed by atoms with E-state index in [0.717, 1.165) is 12.8 Å². The zero-order valence-corrected chi connectivity index (χ0v) is 16.4. The van der Waals surface area contributed by atoms with Gasteiger partial charge in [-0.3, -0.25) is 9.59 Å². The van der Waals surface area contributed by atoms with Crippen molar-refractivity contribution < 1.29 is 14.3 Å². The van der Waals surface area contributed by atoms with Gasteiger partial charge in [0.2, 0.25) is 5.91 Å². The normalized spacial score (nSPS) is 23.7. The number of carbonyl (C=O) groups excluding carboxylic acids is 2. The Labute approximate surface area is 161 Å². The molecule has 0 radical (unpaired) electrons. The number of piperidine rings is 1. The molecule has 0 aliphatic carbocycles. The van der Waals surface area contributed by atoms with Crippen LogP contribution in [0, 0.1) is 5.92 Å². The van der Waals surface area contributed by atoms with Gasteiger partial charge < -0.3 is 20.3 Å². The van der Waals surface area contributed by atoms with Gasteiger partial charge in [-0.2, -0.15) is 0 Å². The SMILES string of the molecule is CCN(CC)C(=O)COc1cccc(NC(=O)CC2CC3CCC(C2)N3)c1. The third kappa shape index (κ3) is 5.45. The van der Waals surface area contributed by atoms with E-state index in [-0.39, 0.29) is 18.4 Å². The predicted molar refractivity (Wildman–Crippen MR) is 106 cm³/mol. The lowest BCUT2D eigenvalue weighted by Gasteiger charge is -2.28. The molecule has 1 aromatic rings. The van der Waals surface area contributed by atoms with Crippen LogP contribution in [0.2, 0.25) is 0 Å². The average Bonchev–Trinajstić information content (AvgIpc) is 2.99. The lowest BCUT2D eigenvalue weighted by molar-refractivity contribution is -0.133. The van der Waals surface area contributed by atoms with Crippen molar-refractivity contribution in [3.8, 4) is 5.75 Å². The smallest absolute Gasteiger partial charge is 0.260 e. The monoisotopic (exact) mass is 373 g/mol. The molecule has 27 heavy (non-hydrogen) atoms. The number of ether oxygens (including phenoxy) is 1. The largest absolute Gasteiger partial charge is 0.484 e. The van der Waals surface area contributed by atoms with E-state index in [1.54, 1.807) is 17.0 Å². The first kappa shape index (κ1) is 19.7. The standard InChI is InChI=1S/C21H31N3O3/c1-3-24(4-2)21(26)14-27-19-7-5-6-16(13-19)23-20(25)12-15-10-17-8-9-18(11-15)22-17/h5-7,13,15,17-18,22H,3-4,8-12,14H2,1-2H3,(H,23,25). The van der Waals surface area contributed by atoms with Crippen molar-refractivity contribution >= 4 is 17.5 Å². The van der Waals surface area contributed by atoms with Gasteiger partial charge in [-0.1, -0.05) is 6.07 Å². The Morgan fingerprint density at radius 1 is 1.19 bits per heavy atom. The zero-order chi connectivity index (χ0) is 19.2. The van der Waals surface area contributed by atoms with E-state index in [2.05, 4.69) is 10.6 Å². The summed E-state index contributed by atoms with van der Waals surface area (Å²) in [5.74, 6) is 1.08. The first-order valence-electron chi connectivity index (χ1n) is 10.1. The van der Waals surface area contributed by atoms with Gasteiger partial charge in [-0.15, -0.1) is 0 Å². The molecule has 2 aliphatic heterocycles. The van der Waals surface area contributed by atoms with Gasteiger partial charge >= 0.3 is 0 Å². The molecule has 2 N–H and O–H groups in total. The number of nitrogens with one attached hydrogen (secondary N) is 2. The van der Waals surface area contributed by atoms with Crippen molar-refractivity contribution in [2.75, 3.05) is 25.0 Å². The highest BCUT2D eigenvalue weighted by Gasteiger charge is 2.34. The number of amides is 2. The summed E-state index contributed by atoms with van der Waals surface area (Å²) in [7, 11) is 0. The number of hydrogen-bond acceptors (Lipinski definition) is 4. The Morgan fingerprint density at radius 3 is 2.56 bits per heavy atom. The minimum absolute atomic E-state index is 0.0108. The van der Waals surface area contributed by atoms with Crippen molar-refractivity contribution in [1.82, 2.24) is 10.2 Å². The molecule has 2 saturated heterocycles. The molecule has 2 amide bonds. The molecule has 0 spiro atoms. The van der Waals surface area contributed by atoms with Crippen LogP contribution in [-0.4, -0.2) is 48.5 Å². The summed E-state index contributed by atoms with van der Waals surface area (Å²) in [5, 5.41) is 6.59. The van der Waals surface area contributed by atoms with Crippen LogP contribution >= 0.6 is 0 Å². The molecule has 2 fully saturated rings. The Kier molecular flexibility index (Phi) is 6.72. The molecular formula is C21H31N3O3. The predicted octanol–water partition coefficient (Wildman–Crippen LogP) is 2.79. The molecule has 0 saturated carbocycles. The Balaban J connectivity index is 1.48. The van der Waals surface area contributed by atoms with E-state index in [9.17, 15) is 9.59 Å². The summed E-state index contributed by atoms with van der Waals surface area (Å²) >= 11 is 0. The Bertz CT molecular complexity index is 648. The second-order valence-electron chi connectivity index (χ2n) is 7.61. The molecule has 2 unspecified atom stereocenters. The summed E-state index contributed by atoms with van der Waals surface area (Å²) in [6.07, 6.45) is 5.25. The first-order chi connectivity index (χ1) is 13.1. The maximum absolute atomic E-state index is 12.4. The maximum atomic E-state index is 12.4. The average molecular weight is 373 g/mol. The third-order valence-electron chi connectivity index (χ3n) is 5.64. The number of carbonyl (C=O) groups is 2. The van der Waals surface area contributed by atoms with Crippen LogP contribution in [0.5, 0.6) is 5.75 Å². The van der Waals surface area contributed by atoms with E-state index in [1.807, 2.05) is 26.0 Å². The van der Waals surface area contributed by atoms with Crippen LogP contribution in [0.3, 0.4) is 0 Å². The fraction of sp³-hybridized carbons (Fsp3) is 0.619. The van der Waals surface area contributed by atoms with Crippen LogP contribution in [0.4, 0.5) is 5.69 Å². The molecule has 2 heterocycles. The van der Waals surface area contributed by atoms with Gasteiger partial charge in [0.05, 0.1) is 0 Å². The Morgan fingerprint density at radius 2 is 1.89 bits per heavy atom. The number of likely N-dealkylation sites (N-methyl/N-ethyl adjacent to an activating group) is 1. The summed E-state index contributed by atoms with van der Waals surface area (Å²) < 4.78 is 5.61. The quantitative estimate of drug-likeness (QED) is 0.735. The molecule has 1 aromatic carbocycles. The number of nitrogens with zero attached hydrogens (tertiary/aromatic N) is 1. The molecule has 148 valence electrons. The highest BCUT2D eigenvalue weighted by molar-refractivity contribution is 5.91. The van der Waals surface area contributed by atoms with Crippen molar-refractivity contribution in [2.45, 2.75) is 58.0 Å². The lowest BCUT2D eigenvalue weighted by atomic mass is 9.89. The molecule has 2 bridgehead atoms. The Hall–Kier alpha value is -2.08. The van der Waals surface area contributed by atoms with Crippen LogP contribution in [0.15, 0.2) is 24.3 Å². The molecule has 0 aromatic heterocycles. The van der Waals surface area contributed by atoms with Crippen molar-refractivity contribution in [3.63, 3.8) is 0 Å². The summed E-state index contributed by atoms with van der Waals surface area (Å²) in [4.78, 5) is 26.2. The fourth-order valence-electron chi connectivity index (χ4n) is 4.29. The van der Waals surface area contributed by atoms with Gasteiger partial charge in [0.25, 0.3) is 5.91 Å². The van der Waals surface area contributed by atoms with Crippen molar-refractivity contribution in [3.05, 3.63) is 24.3 Å². The highest BCUT2D eigenvalue weighted by atomic mass is 16.5. The fourth-order valence-corrected chi connectivity index (χ4v) is 4.29. The molecule has 3 rings (SSSR count). The van der Waals surface area contributed by atoms with E-state index in [0.29, 0.717) is 48.9 Å². The summed E-state index contributed by atoms with van der Waals surface area (Å²) in [6, 6.07) is 8.46. The second-order valence-corrected chi connectivity index (χ2v) is 7.61. The maximum Gasteiger partial charge on any atom is 0.260 e. The number of fused-ring (bicyclic) bond motifs is 2. The summed E-state index contributed by atoms with van der Waals surface area (Å²) in [6.45, 7) is 5.26. The number of rotatable bonds is 8. The van der Waals surface area contributed by atoms with Crippen LogP contribution in [0.25, 0.3) is 0 Å². The van der Waals surface area contributed by atoms with Crippen molar-refractivity contribution in [1.29, 1.82) is 0 Å². The van der Waals surface area contributed by atoms with Gasteiger partial charge in [0.15, 0.2) is 6.61 Å². The first-order valence-corrected chi connectivity index (χ1v) is 10.1. The summed E-state index contributed by atoms with van der Waals surface area (Å²) in [5.41, 5.74) is 0.713. The van der Waals surface area contributed by atoms with Gasteiger partial charge in [0.1, 0.15) is 5.75 Å². The van der Waals surface area contributed by atoms with E-state index in [1.165, 1.54) is 12.8 Å². The minimum atomic E-state index is -0.0324. The van der Waals surface area contributed by atoms with E-state index >= 15 is 0 Å². The van der Waals surface area contributed by atoms with E-state index < -0.39 is 0 Å². The third-order valence-corrected chi connectivity index (χ3v) is 5.64. The zero-order valence-electron chi connectivity index (χ0n) is 16.4. The topological polar surface area (TPSA) is 70.7 Å². The second kappa shape index (κ2) is 9.22. The molecule has 6 heteroatoms. The minimum Gasteiger partial charge on any atom is -0.484 e. The van der Waals surface area contributed by atoms with Crippen LogP contribution in [0.1, 0.15) is 46.0 Å². The molecule has 2 atom stereocenters. The molecule has 6 nitrogen and oxygen atoms in total. The number of hydrogen-bond donors (Lipinski definition) is 2. The molecule has 2 aliphatic rings.